The Bertz CT molecular complexity index is 2400. The fourth-order valence-corrected chi connectivity index (χ4v) is 11.1. The molecule has 1 aromatic carbocycles. The van der Waals surface area contributed by atoms with Crippen LogP contribution in [-0.2, 0) is 61.8 Å². The Morgan fingerprint density at radius 2 is 0.830 bits per heavy atom. The van der Waals surface area contributed by atoms with E-state index in [2.05, 4.69) is 45.7 Å². The van der Waals surface area contributed by atoms with Crippen molar-refractivity contribution in [2.24, 2.45) is 0 Å². The van der Waals surface area contributed by atoms with Crippen LogP contribution < -0.4 is 31.3 Å². The van der Waals surface area contributed by atoms with Gasteiger partial charge in [-0.15, -0.1) is 0 Å². The fourth-order valence-electron chi connectivity index (χ4n) is 11.1. The standard InChI is InChI=1S/C56H89N5O27/c1-6-7-8-9-10-11-12-13-14-18-79-30-17-15-16-29(19-30)51(77)61-37-42(72)41(71)31(20-62)81-53(37)86-48-33(22-64)83-55(39(44(48)74)59-27(4)69)88-50-35(24-66)84-56(40(46(50)76)60-28(5)70)87-49-34(23-65)82-54(38(45(49)75)58-26(3)68)85-47-32(21-63)80-52(78)36(43(47)73)57-25(2)67/h11-12,15-17,19,31-50,52-56,62-66,71-76,78H,6-10,13-14,18,20-24H2,1-5H3,(H,57,67)(H,58,68)(H,59,69)(H,60,70)(H,61,77)/b12-11-/t31?,32?,33-,34-,35?,36-,37-,38?,39?,40-,41+,42+,43+,44?,45?,46+,47?,48+,49+,50?,52+,53?,54?,55?,56-/m0/s1. The average Bonchev–Trinajstić information content (AvgIpc) is 1.44. The fraction of sp³-hybridized carbons (Fsp3) is 0.768. The first-order chi connectivity index (χ1) is 42.0. The summed E-state index contributed by atoms with van der Waals surface area (Å²) in [5, 5.41) is 145. The molecule has 32 nitrogen and oxygen atoms in total. The number of carbonyl (C=O) groups excluding carboxylic acids is 5. The summed E-state index contributed by atoms with van der Waals surface area (Å²) < 4.78 is 59.8. The van der Waals surface area contributed by atoms with Gasteiger partial charge in [0.05, 0.1) is 39.6 Å². The van der Waals surface area contributed by atoms with E-state index in [0.717, 1.165) is 53.4 Å². The van der Waals surface area contributed by atoms with Gasteiger partial charge in [0.2, 0.25) is 23.6 Å². The topological polar surface area (TPSA) is 481 Å². The van der Waals surface area contributed by atoms with Crippen LogP contribution in [0, 0.1) is 0 Å². The van der Waals surface area contributed by atoms with E-state index in [1.807, 2.05) is 0 Å². The van der Waals surface area contributed by atoms with Crippen molar-refractivity contribution in [1.82, 2.24) is 26.6 Å². The second-order valence-electron chi connectivity index (χ2n) is 22.2. The van der Waals surface area contributed by atoms with Crippen LogP contribution in [0.4, 0.5) is 0 Å². The second-order valence-corrected chi connectivity index (χ2v) is 22.2. The molecule has 5 heterocycles. The molecule has 0 saturated carbocycles. The number of carbonyl (C=O) groups is 5. The summed E-state index contributed by atoms with van der Waals surface area (Å²) in [4.78, 5) is 64.1. The lowest BCUT2D eigenvalue weighted by Gasteiger charge is -2.51. The summed E-state index contributed by atoms with van der Waals surface area (Å²) in [6.07, 6.45) is -24.4. The lowest BCUT2D eigenvalue weighted by Crippen LogP contribution is -2.72. The number of nitrogens with one attached hydrogen (secondary N) is 5. The predicted octanol–water partition coefficient (Wildman–Crippen LogP) is -6.23. The van der Waals surface area contributed by atoms with Crippen LogP contribution in [-0.4, -0.2) is 284 Å². The summed E-state index contributed by atoms with van der Waals surface area (Å²) in [6, 6.07) is -2.18. The molecule has 17 N–H and O–H groups in total. The van der Waals surface area contributed by atoms with Crippen LogP contribution in [0.2, 0.25) is 0 Å². The van der Waals surface area contributed by atoms with Crippen molar-refractivity contribution in [3.63, 3.8) is 0 Å². The largest absolute Gasteiger partial charge is 0.494 e. The molecule has 1 aromatic rings. The second kappa shape index (κ2) is 34.6. The lowest BCUT2D eigenvalue weighted by atomic mass is 9.93. The van der Waals surface area contributed by atoms with Crippen molar-refractivity contribution in [1.29, 1.82) is 0 Å². The third kappa shape index (κ3) is 18.7. The van der Waals surface area contributed by atoms with Crippen molar-refractivity contribution in [2.45, 2.75) is 233 Å². The Kier molecular flexibility index (Phi) is 28.5. The molecule has 88 heavy (non-hydrogen) atoms. The SMILES string of the molecule is CCCCCC/C=C\CCCOc1cccc(C(=O)N[C@@H]2C(O[C@H]3C(O)C(NC(C)=O)C(OC4C(CO)O[C@@H](O[C@H]5C(O)C(NC(C)=O)C(OC6C(CO)O[C@@H](O)[C@@H](NC(C)=O)[C@H]6O)O[C@H]5CO)[C@@H](NC(C)=O)[C@H]4O)O[C@H]3CO)OC(CO)[C@@H](O)[C@@H]2O)c1. The Balaban J connectivity index is 1.18. The molecule has 25 atom stereocenters. The third-order valence-corrected chi connectivity index (χ3v) is 15.5. The minimum atomic E-state index is -2.03. The zero-order chi connectivity index (χ0) is 64.5. The first-order valence-electron chi connectivity index (χ1n) is 29.5. The monoisotopic (exact) mass is 1260 g/mol. The number of aliphatic hydroxyl groups is 12. The number of rotatable bonds is 29. The molecule has 0 bridgehead atoms. The van der Waals surface area contributed by atoms with E-state index < -0.39 is 216 Å². The maximum Gasteiger partial charge on any atom is 0.251 e. The maximum absolute atomic E-state index is 13.9. The minimum Gasteiger partial charge on any atom is -0.494 e. The van der Waals surface area contributed by atoms with Gasteiger partial charge in [0.1, 0.15) is 128 Å². The highest BCUT2D eigenvalue weighted by Gasteiger charge is 2.58. The van der Waals surface area contributed by atoms with Gasteiger partial charge in [0, 0.05) is 33.3 Å². The summed E-state index contributed by atoms with van der Waals surface area (Å²) in [7, 11) is 0. The predicted molar refractivity (Wildman–Crippen MR) is 297 cm³/mol. The molecule has 5 saturated heterocycles. The molecule has 12 unspecified atom stereocenters. The summed E-state index contributed by atoms with van der Waals surface area (Å²) in [6.45, 7) is 2.01. The Morgan fingerprint density at radius 3 is 1.24 bits per heavy atom. The highest BCUT2D eigenvalue weighted by molar-refractivity contribution is 5.94. The lowest BCUT2D eigenvalue weighted by molar-refractivity contribution is -0.367. The van der Waals surface area contributed by atoms with Crippen molar-refractivity contribution in [3.8, 4) is 5.75 Å². The molecule has 5 amide bonds. The van der Waals surface area contributed by atoms with E-state index in [0.29, 0.717) is 18.8 Å². The number of hydrogen-bond acceptors (Lipinski definition) is 27. The number of unbranched alkanes of at least 4 members (excludes halogenated alkanes) is 5. The minimum absolute atomic E-state index is 0.0576. The molecule has 32 heteroatoms. The van der Waals surface area contributed by atoms with Crippen LogP contribution >= 0.6 is 0 Å². The molecule has 500 valence electrons. The number of amides is 5. The number of ether oxygens (including phenoxy) is 10. The van der Waals surface area contributed by atoms with Gasteiger partial charge >= 0.3 is 0 Å². The number of allylic oxidation sites excluding steroid dienone is 2. The highest BCUT2D eigenvalue weighted by Crippen LogP contribution is 2.36. The molecule has 0 aromatic heterocycles. The van der Waals surface area contributed by atoms with E-state index in [1.165, 1.54) is 25.0 Å². The van der Waals surface area contributed by atoms with Crippen molar-refractivity contribution < 1.29 is 133 Å². The van der Waals surface area contributed by atoms with Gasteiger partial charge in [-0.1, -0.05) is 44.4 Å². The van der Waals surface area contributed by atoms with E-state index in [9.17, 15) is 85.3 Å². The van der Waals surface area contributed by atoms with Crippen molar-refractivity contribution in [3.05, 3.63) is 42.0 Å². The first kappa shape index (κ1) is 72.3. The normalized spacial score (nSPS) is 37.8. The molecule has 0 aliphatic carbocycles. The molecule has 6 rings (SSSR count). The first-order valence-corrected chi connectivity index (χ1v) is 29.5. The van der Waals surface area contributed by atoms with Crippen molar-refractivity contribution in [2.75, 3.05) is 39.6 Å². The number of hydrogen-bond donors (Lipinski definition) is 17. The van der Waals surface area contributed by atoms with Crippen LogP contribution in [0.15, 0.2) is 36.4 Å². The zero-order valence-corrected chi connectivity index (χ0v) is 49.6. The Morgan fingerprint density at radius 1 is 0.455 bits per heavy atom. The van der Waals surface area contributed by atoms with Gasteiger partial charge in [0.25, 0.3) is 5.91 Å². The number of aliphatic hydroxyl groups excluding tert-OH is 12. The third-order valence-electron chi connectivity index (χ3n) is 15.5. The summed E-state index contributed by atoms with van der Waals surface area (Å²) >= 11 is 0. The van der Waals surface area contributed by atoms with Gasteiger partial charge in [0.15, 0.2) is 31.5 Å². The van der Waals surface area contributed by atoms with Crippen LogP contribution in [0.25, 0.3) is 0 Å². The molecule has 5 aliphatic heterocycles. The Labute approximate surface area is 507 Å². The molecule has 0 radical (unpaired) electrons. The molecular formula is C56H89N5O27. The van der Waals surface area contributed by atoms with Gasteiger partial charge in [-0.05, 0) is 43.9 Å². The van der Waals surface area contributed by atoms with E-state index >= 15 is 0 Å². The highest BCUT2D eigenvalue weighted by atomic mass is 16.8. The van der Waals surface area contributed by atoms with Crippen LogP contribution in [0.5, 0.6) is 5.75 Å². The van der Waals surface area contributed by atoms with E-state index in [-0.39, 0.29) is 5.56 Å². The van der Waals surface area contributed by atoms with E-state index in [4.69, 9.17) is 47.4 Å². The van der Waals surface area contributed by atoms with E-state index in [1.54, 1.807) is 12.1 Å². The number of benzene rings is 1. The molecule has 0 spiro atoms. The van der Waals surface area contributed by atoms with Crippen LogP contribution in [0.1, 0.15) is 89.9 Å². The molecular weight excluding hydrogens is 1170 g/mol. The summed E-state index contributed by atoms with van der Waals surface area (Å²) in [5.41, 5.74) is 0.0576. The summed E-state index contributed by atoms with van der Waals surface area (Å²) in [5.74, 6) is -3.54. The molecule has 5 aliphatic rings. The maximum atomic E-state index is 13.9. The van der Waals surface area contributed by atoms with Gasteiger partial charge in [-0.2, -0.15) is 0 Å². The van der Waals surface area contributed by atoms with Gasteiger partial charge < -0.3 is 135 Å². The molecule has 5 fully saturated rings. The zero-order valence-electron chi connectivity index (χ0n) is 49.6. The average molecular weight is 1260 g/mol. The van der Waals surface area contributed by atoms with Gasteiger partial charge in [-0.3, -0.25) is 24.0 Å². The van der Waals surface area contributed by atoms with Crippen LogP contribution in [0.3, 0.4) is 0 Å². The van der Waals surface area contributed by atoms with Gasteiger partial charge in [-0.25, -0.2) is 0 Å². The van der Waals surface area contributed by atoms with Crippen molar-refractivity contribution >= 4 is 29.5 Å². The smallest absolute Gasteiger partial charge is 0.251 e. The Hall–Kier alpha value is -4.73. The quantitative estimate of drug-likeness (QED) is 0.0262.